The minimum Gasteiger partial charge on any atom is -0.395 e. The number of β-amino-alcohol motifs (C(OH)–C–C–N with tert-alkyl or cyclic N) is 1. The van der Waals surface area contributed by atoms with Gasteiger partial charge in [0.15, 0.2) is 17.3 Å². The average Bonchev–Trinajstić information content (AvgIpc) is 3.65. The lowest BCUT2D eigenvalue weighted by atomic mass is 10.1. The largest absolute Gasteiger partial charge is 0.408 e. The zero-order valence-corrected chi connectivity index (χ0v) is 20.5. The maximum absolute atomic E-state index is 14.9. The van der Waals surface area contributed by atoms with Crippen molar-refractivity contribution in [3.63, 3.8) is 0 Å². The molecule has 1 saturated carbocycles. The number of amides is 3. The molecule has 40 heavy (non-hydrogen) atoms. The van der Waals surface area contributed by atoms with E-state index in [1.54, 1.807) is 0 Å². The molecule has 3 amide bonds. The number of alkyl halides is 3. The van der Waals surface area contributed by atoms with Crippen molar-refractivity contribution in [2.45, 2.75) is 25.1 Å². The summed E-state index contributed by atoms with van der Waals surface area (Å²) in [6, 6.07) is 0.271. The summed E-state index contributed by atoms with van der Waals surface area (Å²) in [5.74, 6) is -6.49. The highest BCUT2D eigenvalue weighted by atomic mass is 19.4. The van der Waals surface area contributed by atoms with Crippen LogP contribution in [-0.4, -0.2) is 70.0 Å². The van der Waals surface area contributed by atoms with Gasteiger partial charge in [-0.15, -0.1) is 0 Å². The first-order valence-corrected chi connectivity index (χ1v) is 12.2. The highest BCUT2D eigenvalue weighted by Crippen LogP contribution is 2.40. The molecule has 1 aliphatic heterocycles. The Hall–Kier alpha value is -4.14. The van der Waals surface area contributed by atoms with E-state index in [0.717, 1.165) is 6.07 Å². The van der Waals surface area contributed by atoms with Gasteiger partial charge in [-0.1, -0.05) is 0 Å². The van der Waals surface area contributed by atoms with E-state index >= 15 is 0 Å². The molecule has 212 valence electrons. The van der Waals surface area contributed by atoms with E-state index < -0.39 is 75.2 Å². The standard InChI is InChI=1S/C25H21F6N5O4/c26-13-9-16(27)19(17(28)10-13)36-11-15(23(39)33-21(12-1-2-12)25(29,30)31)20(38)14-3-4-18(32-22(14)36)35-6-5-34(7-8-37)24(35)40/h3-4,9-12,21,37H,1-2,5-8H2,(H,33,39)/t21-/m0/s1. The average molecular weight is 569 g/mol. The van der Waals surface area contributed by atoms with Crippen LogP contribution in [0.15, 0.2) is 35.3 Å². The van der Waals surface area contributed by atoms with Crippen LogP contribution in [-0.2, 0) is 0 Å². The fourth-order valence-corrected chi connectivity index (χ4v) is 4.68. The van der Waals surface area contributed by atoms with Crippen molar-refractivity contribution in [3.8, 4) is 5.69 Å². The molecule has 2 fully saturated rings. The summed E-state index contributed by atoms with van der Waals surface area (Å²) >= 11 is 0. The van der Waals surface area contributed by atoms with Crippen molar-refractivity contribution in [1.29, 1.82) is 0 Å². The van der Waals surface area contributed by atoms with E-state index in [-0.39, 0.29) is 44.9 Å². The molecule has 0 unspecified atom stereocenters. The lowest BCUT2D eigenvalue weighted by molar-refractivity contribution is -0.158. The molecule has 2 N–H and O–H groups in total. The van der Waals surface area contributed by atoms with Gasteiger partial charge in [0.2, 0.25) is 5.43 Å². The Kier molecular flexibility index (Phi) is 6.94. The molecule has 0 spiro atoms. The van der Waals surface area contributed by atoms with Crippen molar-refractivity contribution in [2.75, 3.05) is 31.1 Å². The third-order valence-corrected chi connectivity index (χ3v) is 6.78. The Morgan fingerprint density at radius 3 is 2.38 bits per heavy atom. The van der Waals surface area contributed by atoms with E-state index in [0.29, 0.717) is 22.9 Å². The molecule has 2 aliphatic rings. The van der Waals surface area contributed by atoms with Crippen molar-refractivity contribution in [2.24, 2.45) is 5.92 Å². The number of hydrogen-bond donors (Lipinski definition) is 2. The zero-order chi connectivity index (χ0) is 28.9. The number of urea groups is 1. The van der Waals surface area contributed by atoms with Crippen LogP contribution in [0.25, 0.3) is 16.7 Å². The molecule has 3 heterocycles. The van der Waals surface area contributed by atoms with Gasteiger partial charge in [-0.25, -0.2) is 22.9 Å². The summed E-state index contributed by atoms with van der Waals surface area (Å²) in [7, 11) is 0. The molecular weight excluding hydrogens is 548 g/mol. The number of pyridine rings is 2. The minimum absolute atomic E-state index is 0.0396. The normalized spacial score (nSPS) is 16.6. The number of anilines is 1. The lowest BCUT2D eigenvalue weighted by Crippen LogP contribution is -2.48. The molecule has 0 bridgehead atoms. The fraction of sp³-hybridized carbons (Fsp3) is 0.360. The number of aliphatic hydroxyl groups excluding tert-OH is 1. The summed E-state index contributed by atoms with van der Waals surface area (Å²) in [4.78, 5) is 45.7. The van der Waals surface area contributed by atoms with Crippen LogP contribution in [0.4, 0.5) is 37.0 Å². The van der Waals surface area contributed by atoms with Crippen molar-refractivity contribution >= 4 is 28.8 Å². The van der Waals surface area contributed by atoms with E-state index in [1.807, 2.05) is 5.32 Å². The van der Waals surface area contributed by atoms with Crippen LogP contribution in [0.1, 0.15) is 23.2 Å². The second-order valence-corrected chi connectivity index (χ2v) is 9.48. The quantitative estimate of drug-likeness (QED) is 0.426. The van der Waals surface area contributed by atoms with Crippen LogP contribution < -0.4 is 15.6 Å². The highest BCUT2D eigenvalue weighted by Gasteiger charge is 2.50. The van der Waals surface area contributed by atoms with E-state index in [1.165, 1.54) is 15.9 Å². The van der Waals surface area contributed by atoms with E-state index in [4.69, 9.17) is 5.11 Å². The predicted octanol–water partition coefficient (Wildman–Crippen LogP) is 3.11. The van der Waals surface area contributed by atoms with Crippen LogP contribution in [0, 0.1) is 23.4 Å². The number of aromatic nitrogens is 2. The number of carbonyl (C=O) groups excluding carboxylic acids is 2. The van der Waals surface area contributed by atoms with Gasteiger partial charge in [0, 0.05) is 38.0 Å². The lowest BCUT2D eigenvalue weighted by Gasteiger charge is -2.22. The summed E-state index contributed by atoms with van der Waals surface area (Å²) < 4.78 is 84.7. The fourth-order valence-electron chi connectivity index (χ4n) is 4.68. The highest BCUT2D eigenvalue weighted by molar-refractivity contribution is 5.98. The van der Waals surface area contributed by atoms with E-state index in [2.05, 4.69) is 4.98 Å². The van der Waals surface area contributed by atoms with Crippen LogP contribution >= 0.6 is 0 Å². The van der Waals surface area contributed by atoms with Gasteiger partial charge in [0.05, 0.1) is 12.0 Å². The van der Waals surface area contributed by atoms with Crippen LogP contribution in [0.2, 0.25) is 0 Å². The Morgan fingerprint density at radius 1 is 1.10 bits per heavy atom. The number of nitrogens with one attached hydrogen (secondary N) is 1. The number of halogens is 6. The molecule has 5 rings (SSSR count). The molecule has 2 aromatic heterocycles. The van der Waals surface area contributed by atoms with Gasteiger partial charge in [0.1, 0.15) is 28.9 Å². The molecule has 1 atom stereocenters. The third-order valence-electron chi connectivity index (χ3n) is 6.78. The summed E-state index contributed by atoms with van der Waals surface area (Å²) in [5, 5.41) is 10.6. The van der Waals surface area contributed by atoms with Crippen LogP contribution in [0.5, 0.6) is 0 Å². The molecule has 1 aromatic carbocycles. The van der Waals surface area contributed by atoms with Gasteiger partial charge >= 0.3 is 12.2 Å². The van der Waals surface area contributed by atoms with Crippen LogP contribution in [0.3, 0.4) is 0 Å². The van der Waals surface area contributed by atoms with Gasteiger partial charge in [-0.3, -0.25) is 19.1 Å². The van der Waals surface area contributed by atoms with Crippen molar-refractivity contribution in [3.05, 3.63) is 63.7 Å². The number of carbonyl (C=O) groups is 2. The second kappa shape index (κ2) is 10.1. The topological polar surface area (TPSA) is 108 Å². The van der Waals surface area contributed by atoms with E-state index in [9.17, 15) is 40.7 Å². The Bertz CT molecular complexity index is 1550. The van der Waals surface area contributed by atoms with Gasteiger partial charge < -0.3 is 15.3 Å². The first-order chi connectivity index (χ1) is 18.9. The Labute approximate surface area is 221 Å². The summed E-state index contributed by atoms with van der Waals surface area (Å²) in [6.45, 7) is 0.0982. The molecule has 15 heteroatoms. The molecule has 1 saturated heterocycles. The predicted molar refractivity (Wildman–Crippen MR) is 129 cm³/mol. The maximum Gasteiger partial charge on any atom is 0.408 e. The van der Waals surface area contributed by atoms with Gasteiger partial charge in [-0.05, 0) is 30.9 Å². The number of aliphatic hydroxyl groups is 1. The number of nitrogens with zero attached hydrogens (tertiary/aromatic N) is 4. The molecular formula is C25H21F6N5O4. The Morgan fingerprint density at radius 2 is 1.77 bits per heavy atom. The first-order valence-electron chi connectivity index (χ1n) is 12.2. The molecule has 0 radical (unpaired) electrons. The minimum atomic E-state index is -4.80. The smallest absolute Gasteiger partial charge is 0.395 e. The summed E-state index contributed by atoms with van der Waals surface area (Å²) in [5.41, 5.74) is -3.32. The number of hydrogen-bond acceptors (Lipinski definition) is 5. The zero-order valence-electron chi connectivity index (χ0n) is 20.5. The van der Waals surface area contributed by atoms with Crippen molar-refractivity contribution in [1.82, 2.24) is 19.8 Å². The second-order valence-electron chi connectivity index (χ2n) is 9.48. The molecule has 1 aliphatic carbocycles. The van der Waals surface area contributed by atoms with Gasteiger partial charge in [-0.2, -0.15) is 13.2 Å². The molecule has 3 aromatic rings. The number of fused-ring (bicyclic) bond motifs is 1. The van der Waals surface area contributed by atoms with Gasteiger partial charge in [0.25, 0.3) is 5.91 Å². The third kappa shape index (κ3) is 4.96. The molecule has 9 nitrogen and oxygen atoms in total. The summed E-state index contributed by atoms with van der Waals surface area (Å²) in [6.07, 6.45) is -3.73. The Balaban J connectivity index is 1.67. The first kappa shape index (κ1) is 27.4. The maximum atomic E-state index is 14.9. The number of rotatable bonds is 7. The number of benzene rings is 1. The van der Waals surface area contributed by atoms with Crippen molar-refractivity contribution < 1.29 is 41.0 Å². The SMILES string of the molecule is O=C(N[C@@H](C1CC1)C(F)(F)F)c1cn(-c2c(F)cc(F)cc2F)c2nc(N3CCN(CCO)C3=O)ccc2c1=O. The monoisotopic (exact) mass is 569 g/mol.